The van der Waals surface area contributed by atoms with Crippen LogP contribution in [0.15, 0.2) is 16.8 Å². The van der Waals surface area contributed by atoms with Gasteiger partial charge in [0, 0.05) is 31.4 Å². The fraction of sp³-hybridized carbons (Fsp3) is 0.545. The molecule has 0 aromatic carbocycles. The van der Waals surface area contributed by atoms with Crippen LogP contribution in [0.4, 0.5) is 5.95 Å². The van der Waals surface area contributed by atoms with Gasteiger partial charge in [-0.2, -0.15) is 0 Å². The van der Waals surface area contributed by atoms with Crippen molar-refractivity contribution in [1.29, 1.82) is 0 Å². The molecule has 0 spiro atoms. The Kier molecular flexibility index (Phi) is 1.80. The summed E-state index contributed by atoms with van der Waals surface area (Å²) in [6, 6.07) is 0. The van der Waals surface area contributed by atoms with E-state index in [-0.39, 0.29) is 0 Å². The van der Waals surface area contributed by atoms with E-state index in [0.29, 0.717) is 18.4 Å². The van der Waals surface area contributed by atoms with Crippen LogP contribution in [0.2, 0.25) is 0 Å². The Bertz CT molecular complexity index is 542. The van der Waals surface area contributed by atoms with Gasteiger partial charge in [-0.25, -0.2) is 4.98 Å². The molecule has 0 atom stereocenters. The fourth-order valence-electron chi connectivity index (χ4n) is 2.23. The van der Waals surface area contributed by atoms with Crippen molar-refractivity contribution in [3.63, 3.8) is 0 Å². The third-order valence-electron chi connectivity index (χ3n) is 3.32. The van der Waals surface area contributed by atoms with Gasteiger partial charge >= 0.3 is 0 Å². The van der Waals surface area contributed by atoms with Crippen LogP contribution >= 0.6 is 0 Å². The maximum Gasteiger partial charge on any atom is 0.235 e. The summed E-state index contributed by atoms with van der Waals surface area (Å²) in [5.41, 5.74) is 0. The minimum absolute atomic E-state index is 0.525. The first kappa shape index (κ1) is 9.21. The van der Waals surface area contributed by atoms with Crippen molar-refractivity contribution in [3.05, 3.63) is 24.2 Å². The van der Waals surface area contributed by atoms with Gasteiger partial charge in [0.1, 0.15) is 0 Å². The van der Waals surface area contributed by atoms with Crippen LogP contribution in [0.1, 0.15) is 30.5 Å². The minimum Gasteiger partial charge on any atom is -0.423 e. The Hall–Kier alpha value is -1.85. The van der Waals surface area contributed by atoms with E-state index in [1.165, 1.54) is 12.8 Å². The molecule has 1 aliphatic carbocycles. The molecule has 88 valence electrons. The first-order valence-corrected chi connectivity index (χ1v) is 5.98. The predicted molar refractivity (Wildman–Crippen MR) is 59.6 cm³/mol. The van der Waals surface area contributed by atoms with Gasteiger partial charge in [-0.05, 0) is 12.8 Å². The zero-order chi connectivity index (χ0) is 11.2. The third kappa shape index (κ3) is 1.51. The summed E-state index contributed by atoms with van der Waals surface area (Å²) >= 11 is 0. The lowest BCUT2D eigenvalue weighted by Crippen LogP contribution is -2.20. The smallest absolute Gasteiger partial charge is 0.235 e. The maximum atomic E-state index is 5.66. The average Bonchev–Trinajstić information content (AvgIpc) is 2.78. The van der Waals surface area contributed by atoms with Gasteiger partial charge in [-0.3, -0.25) is 0 Å². The number of nitrogens with zero attached hydrogens (tertiary/aromatic N) is 5. The van der Waals surface area contributed by atoms with Gasteiger partial charge in [0.15, 0.2) is 0 Å². The van der Waals surface area contributed by atoms with Crippen molar-refractivity contribution in [1.82, 2.24) is 19.7 Å². The second-order valence-corrected chi connectivity index (χ2v) is 4.65. The number of fused-ring (bicyclic) bond motifs is 1. The molecule has 1 aliphatic heterocycles. The lowest BCUT2D eigenvalue weighted by atomic mass is 10.4. The fourth-order valence-corrected chi connectivity index (χ4v) is 2.23. The maximum absolute atomic E-state index is 5.66. The molecule has 6 nitrogen and oxygen atoms in total. The van der Waals surface area contributed by atoms with Crippen LogP contribution in [0.3, 0.4) is 0 Å². The van der Waals surface area contributed by atoms with E-state index in [0.717, 1.165) is 24.9 Å². The highest BCUT2D eigenvalue weighted by Crippen LogP contribution is 2.39. The normalized spacial score (nSPS) is 18.7. The van der Waals surface area contributed by atoms with Gasteiger partial charge in [-0.1, -0.05) is 0 Å². The van der Waals surface area contributed by atoms with E-state index >= 15 is 0 Å². The number of aromatic nitrogens is 4. The van der Waals surface area contributed by atoms with Crippen molar-refractivity contribution in [2.24, 2.45) is 0 Å². The van der Waals surface area contributed by atoms with Crippen LogP contribution in [0.5, 0.6) is 0 Å². The van der Waals surface area contributed by atoms with E-state index in [9.17, 15) is 0 Å². The number of anilines is 1. The van der Waals surface area contributed by atoms with Crippen molar-refractivity contribution in [2.45, 2.75) is 31.8 Å². The molecular formula is C11H13N5O. The molecule has 2 aliphatic rings. The molecule has 0 amide bonds. The second-order valence-electron chi connectivity index (χ2n) is 4.65. The number of imidazole rings is 1. The molecule has 3 heterocycles. The highest BCUT2D eigenvalue weighted by Gasteiger charge is 2.30. The van der Waals surface area contributed by atoms with Crippen molar-refractivity contribution in [3.8, 4) is 0 Å². The number of hydrogen-bond acceptors (Lipinski definition) is 5. The highest BCUT2D eigenvalue weighted by molar-refractivity contribution is 5.34. The predicted octanol–water partition coefficient (Wildman–Crippen LogP) is 1.16. The van der Waals surface area contributed by atoms with Crippen LogP contribution in [-0.2, 0) is 13.1 Å². The molecule has 6 heteroatoms. The zero-order valence-electron chi connectivity index (χ0n) is 9.41. The number of rotatable bonds is 3. The molecule has 1 saturated carbocycles. The number of hydrogen-bond donors (Lipinski definition) is 0. The Morgan fingerprint density at radius 2 is 2.24 bits per heavy atom. The molecule has 0 N–H and O–H groups in total. The molecule has 0 bridgehead atoms. The van der Waals surface area contributed by atoms with Crippen LogP contribution in [0, 0.1) is 0 Å². The third-order valence-corrected chi connectivity index (χ3v) is 3.32. The second kappa shape index (κ2) is 3.32. The molecule has 0 saturated heterocycles. The summed E-state index contributed by atoms with van der Waals surface area (Å²) in [5.74, 6) is 3.03. The summed E-state index contributed by atoms with van der Waals surface area (Å²) < 4.78 is 7.80. The molecule has 4 rings (SSSR count). The molecular weight excluding hydrogens is 218 g/mol. The first-order chi connectivity index (χ1) is 8.40. The van der Waals surface area contributed by atoms with E-state index in [1.807, 2.05) is 12.4 Å². The first-order valence-electron chi connectivity index (χ1n) is 5.98. The van der Waals surface area contributed by atoms with E-state index < -0.39 is 0 Å². The van der Waals surface area contributed by atoms with Crippen molar-refractivity contribution < 1.29 is 4.42 Å². The topological polar surface area (TPSA) is 60.0 Å². The SMILES string of the molecule is c1cn2c(n1)N(Cc1nnc(C3CC3)o1)CC2. The Morgan fingerprint density at radius 3 is 3.12 bits per heavy atom. The van der Waals surface area contributed by atoms with Gasteiger partial charge in [0.2, 0.25) is 17.7 Å². The van der Waals surface area contributed by atoms with E-state index in [2.05, 4.69) is 24.6 Å². The summed E-state index contributed by atoms with van der Waals surface area (Å²) in [6.07, 6.45) is 6.20. The van der Waals surface area contributed by atoms with E-state index in [1.54, 1.807) is 0 Å². The standard InChI is InChI=1S/C11H13N5O/c1-2-8(1)10-14-13-9(17-10)7-16-6-5-15-4-3-12-11(15)16/h3-4,8H,1-2,5-7H2. The Labute approximate surface area is 98.3 Å². The average molecular weight is 231 g/mol. The molecule has 0 radical (unpaired) electrons. The Balaban J connectivity index is 1.53. The highest BCUT2D eigenvalue weighted by atomic mass is 16.4. The van der Waals surface area contributed by atoms with Gasteiger partial charge in [0.25, 0.3) is 0 Å². The molecule has 0 unspecified atom stereocenters. The summed E-state index contributed by atoms with van der Waals surface area (Å²) in [6.45, 7) is 2.61. The monoisotopic (exact) mass is 231 g/mol. The molecule has 17 heavy (non-hydrogen) atoms. The van der Waals surface area contributed by atoms with Crippen molar-refractivity contribution in [2.75, 3.05) is 11.4 Å². The lowest BCUT2D eigenvalue weighted by Gasteiger charge is -2.12. The summed E-state index contributed by atoms with van der Waals surface area (Å²) in [7, 11) is 0. The Morgan fingerprint density at radius 1 is 1.29 bits per heavy atom. The summed E-state index contributed by atoms with van der Waals surface area (Å²) in [5, 5.41) is 8.20. The minimum atomic E-state index is 0.525. The van der Waals surface area contributed by atoms with Crippen molar-refractivity contribution >= 4 is 5.95 Å². The van der Waals surface area contributed by atoms with Gasteiger partial charge < -0.3 is 13.9 Å². The van der Waals surface area contributed by atoms with E-state index in [4.69, 9.17) is 4.42 Å². The summed E-state index contributed by atoms with van der Waals surface area (Å²) in [4.78, 5) is 6.50. The van der Waals surface area contributed by atoms with Gasteiger partial charge in [0.05, 0.1) is 6.54 Å². The van der Waals surface area contributed by atoms with Crippen LogP contribution in [-0.4, -0.2) is 26.3 Å². The van der Waals surface area contributed by atoms with Gasteiger partial charge in [-0.15, -0.1) is 10.2 Å². The molecule has 1 fully saturated rings. The lowest BCUT2D eigenvalue weighted by molar-refractivity contribution is 0.447. The van der Waals surface area contributed by atoms with Crippen LogP contribution in [0.25, 0.3) is 0 Å². The molecule has 2 aromatic heterocycles. The molecule has 2 aromatic rings. The quantitative estimate of drug-likeness (QED) is 0.793. The zero-order valence-corrected chi connectivity index (χ0v) is 9.41. The van der Waals surface area contributed by atoms with Crippen LogP contribution < -0.4 is 4.90 Å². The largest absolute Gasteiger partial charge is 0.423 e.